The van der Waals surface area contributed by atoms with Gasteiger partial charge in [-0.3, -0.25) is 9.59 Å². The number of sulfonamides is 1. The number of carbonyl (C=O) groups excluding carboxylic acids is 2. The zero-order chi connectivity index (χ0) is 20.9. The van der Waals surface area contributed by atoms with Gasteiger partial charge in [0.2, 0.25) is 15.9 Å². The first-order chi connectivity index (χ1) is 13.9. The van der Waals surface area contributed by atoms with Crippen LogP contribution in [0.5, 0.6) is 0 Å². The summed E-state index contributed by atoms with van der Waals surface area (Å²) in [4.78, 5) is 25.0. The van der Waals surface area contributed by atoms with Crippen LogP contribution in [0.15, 0.2) is 65.6 Å². The van der Waals surface area contributed by atoms with E-state index in [9.17, 15) is 18.0 Å². The summed E-state index contributed by atoms with van der Waals surface area (Å²) in [6.45, 7) is 0.280. The average Bonchev–Trinajstić information content (AvgIpc) is 3.25. The highest BCUT2D eigenvalue weighted by Crippen LogP contribution is 2.27. The molecule has 29 heavy (non-hydrogen) atoms. The van der Waals surface area contributed by atoms with Crippen LogP contribution in [0.25, 0.3) is 0 Å². The lowest BCUT2D eigenvalue weighted by atomic mass is 10.0. The molecule has 1 saturated heterocycles. The van der Waals surface area contributed by atoms with E-state index >= 15 is 0 Å². The SMILES string of the molecule is COC(=O)C[C@@H](NC(=O)[C@@H]1CCCN1S(=O)(=O)c1ccccc1)c1ccccc1. The minimum atomic E-state index is -3.78. The molecule has 3 rings (SSSR count). The monoisotopic (exact) mass is 416 g/mol. The quantitative estimate of drug-likeness (QED) is 0.699. The first-order valence-electron chi connectivity index (χ1n) is 9.42. The van der Waals surface area contributed by atoms with E-state index in [1.807, 2.05) is 18.2 Å². The fourth-order valence-corrected chi connectivity index (χ4v) is 5.15. The first kappa shape index (κ1) is 21.0. The van der Waals surface area contributed by atoms with Crippen molar-refractivity contribution in [3.63, 3.8) is 0 Å². The fraction of sp³-hybridized carbons (Fsp3) is 0.333. The van der Waals surface area contributed by atoms with Crippen molar-refractivity contribution in [1.29, 1.82) is 0 Å². The van der Waals surface area contributed by atoms with Crippen LogP contribution in [-0.2, 0) is 24.3 Å². The third-order valence-electron chi connectivity index (χ3n) is 4.97. The van der Waals surface area contributed by atoms with E-state index in [0.29, 0.717) is 12.8 Å². The summed E-state index contributed by atoms with van der Waals surface area (Å²) >= 11 is 0. The first-order valence-corrected chi connectivity index (χ1v) is 10.9. The minimum absolute atomic E-state index is 0.0373. The van der Waals surface area contributed by atoms with E-state index in [1.165, 1.54) is 23.5 Å². The fourth-order valence-electron chi connectivity index (χ4n) is 3.47. The number of nitrogens with zero attached hydrogens (tertiary/aromatic N) is 1. The maximum absolute atomic E-state index is 13.0. The molecule has 2 atom stereocenters. The number of methoxy groups -OCH3 is 1. The van der Waals surface area contributed by atoms with Crippen LogP contribution in [-0.4, -0.2) is 44.3 Å². The van der Waals surface area contributed by atoms with E-state index in [2.05, 4.69) is 5.32 Å². The van der Waals surface area contributed by atoms with Crippen molar-refractivity contribution in [2.24, 2.45) is 0 Å². The molecule has 8 heteroatoms. The molecule has 2 aromatic rings. The lowest BCUT2D eigenvalue weighted by Crippen LogP contribution is -2.47. The lowest BCUT2D eigenvalue weighted by Gasteiger charge is -2.26. The number of hydrogen-bond donors (Lipinski definition) is 1. The highest BCUT2D eigenvalue weighted by molar-refractivity contribution is 7.89. The summed E-state index contributed by atoms with van der Waals surface area (Å²) in [5.41, 5.74) is 0.752. The topological polar surface area (TPSA) is 92.8 Å². The van der Waals surface area contributed by atoms with Crippen molar-refractivity contribution in [3.05, 3.63) is 66.2 Å². The summed E-state index contributed by atoms with van der Waals surface area (Å²) in [6.07, 6.45) is 0.985. The van der Waals surface area contributed by atoms with Gasteiger partial charge < -0.3 is 10.1 Å². The number of esters is 1. The molecule has 1 N–H and O–H groups in total. The minimum Gasteiger partial charge on any atom is -0.469 e. The summed E-state index contributed by atoms with van der Waals surface area (Å²) in [5.74, 6) is -0.876. The molecule has 1 fully saturated rings. The van der Waals surface area contributed by atoms with Gasteiger partial charge in [-0.1, -0.05) is 48.5 Å². The Morgan fingerprint density at radius 1 is 1.10 bits per heavy atom. The molecular formula is C21H24N2O5S. The number of ether oxygens (including phenoxy) is 1. The molecule has 0 bridgehead atoms. The Kier molecular flexibility index (Phi) is 6.66. The van der Waals surface area contributed by atoms with Gasteiger partial charge in [-0.25, -0.2) is 8.42 Å². The zero-order valence-electron chi connectivity index (χ0n) is 16.2. The van der Waals surface area contributed by atoms with Crippen molar-refractivity contribution in [2.45, 2.75) is 36.2 Å². The number of rotatable bonds is 7. The van der Waals surface area contributed by atoms with Gasteiger partial charge >= 0.3 is 5.97 Å². The largest absolute Gasteiger partial charge is 0.469 e. The average molecular weight is 416 g/mol. The third-order valence-corrected chi connectivity index (χ3v) is 6.90. The predicted octanol–water partition coefficient (Wildman–Crippen LogP) is 2.26. The van der Waals surface area contributed by atoms with Gasteiger partial charge in [0, 0.05) is 6.54 Å². The summed E-state index contributed by atoms with van der Waals surface area (Å²) in [7, 11) is -2.49. The standard InChI is InChI=1S/C21H24N2O5S/c1-28-20(24)15-18(16-9-4-2-5-10-16)22-21(25)19-13-8-14-23(19)29(26,27)17-11-6-3-7-12-17/h2-7,9-12,18-19H,8,13-15H2,1H3,(H,22,25)/t18-,19+/m1/s1. The molecule has 0 spiro atoms. The molecule has 2 aromatic carbocycles. The normalized spacial score (nSPS) is 18.2. The number of benzene rings is 2. The smallest absolute Gasteiger partial charge is 0.307 e. The van der Waals surface area contributed by atoms with Gasteiger partial charge in [0.15, 0.2) is 0 Å². The second-order valence-electron chi connectivity index (χ2n) is 6.84. The summed E-state index contributed by atoms with van der Waals surface area (Å²) in [5, 5.41) is 2.85. The Hall–Kier alpha value is -2.71. The van der Waals surface area contributed by atoms with Gasteiger partial charge in [-0.2, -0.15) is 4.31 Å². The highest BCUT2D eigenvalue weighted by Gasteiger charge is 2.40. The van der Waals surface area contributed by atoms with Crippen LogP contribution in [0.4, 0.5) is 0 Å². The predicted molar refractivity (Wildman–Crippen MR) is 107 cm³/mol. The molecule has 1 heterocycles. The molecule has 7 nitrogen and oxygen atoms in total. The van der Waals surface area contributed by atoms with Gasteiger partial charge in [-0.15, -0.1) is 0 Å². The van der Waals surface area contributed by atoms with Crippen LogP contribution in [0.1, 0.15) is 30.9 Å². The maximum Gasteiger partial charge on any atom is 0.307 e. The van der Waals surface area contributed by atoms with Crippen molar-refractivity contribution >= 4 is 21.9 Å². The Labute approximate surface area is 170 Å². The van der Waals surface area contributed by atoms with Gasteiger partial charge in [0.05, 0.1) is 24.5 Å². The number of amides is 1. The maximum atomic E-state index is 13.0. The lowest BCUT2D eigenvalue weighted by molar-refractivity contribution is -0.141. The Balaban J connectivity index is 1.81. The molecule has 0 radical (unpaired) electrons. The molecule has 0 aromatic heterocycles. The van der Waals surface area contributed by atoms with Crippen molar-refractivity contribution in [1.82, 2.24) is 9.62 Å². The molecule has 1 aliphatic rings. The summed E-state index contributed by atoms with van der Waals surface area (Å²) < 4.78 is 32.0. The van der Waals surface area contributed by atoms with Crippen molar-refractivity contribution in [2.75, 3.05) is 13.7 Å². The van der Waals surface area contributed by atoms with Crippen LogP contribution >= 0.6 is 0 Å². The van der Waals surface area contributed by atoms with E-state index in [4.69, 9.17) is 4.74 Å². The number of nitrogens with one attached hydrogen (secondary N) is 1. The number of hydrogen-bond acceptors (Lipinski definition) is 5. The highest BCUT2D eigenvalue weighted by atomic mass is 32.2. The van der Waals surface area contributed by atoms with E-state index in [-0.39, 0.29) is 17.9 Å². The van der Waals surface area contributed by atoms with Crippen LogP contribution < -0.4 is 5.32 Å². The Morgan fingerprint density at radius 3 is 2.34 bits per heavy atom. The molecule has 0 unspecified atom stereocenters. The molecule has 154 valence electrons. The van der Waals surface area contributed by atoms with Crippen LogP contribution in [0.3, 0.4) is 0 Å². The zero-order valence-corrected chi connectivity index (χ0v) is 17.0. The molecule has 0 aliphatic carbocycles. The summed E-state index contributed by atoms with van der Waals surface area (Å²) in [6, 6.07) is 15.8. The van der Waals surface area contributed by atoms with Gasteiger partial charge in [-0.05, 0) is 30.5 Å². The van der Waals surface area contributed by atoms with Crippen molar-refractivity contribution in [3.8, 4) is 0 Å². The molecular weight excluding hydrogens is 392 g/mol. The van der Waals surface area contributed by atoms with E-state index in [0.717, 1.165) is 5.56 Å². The Bertz CT molecular complexity index is 948. The second-order valence-corrected chi connectivity index (χ2v) is 8.73. The second kappa shape index (κ2) is 9.19. The number of carbonyl (C=O) groups is 2. The van der Waals surface area contributed by atoms with Gasteiger partial charge in [0.1, 0.15) is 6.04 Å². The third kappa shape index (κ3) is 4.83. The molecule has 1 aliphatic heterocycles. The Morgan fingerprint density at radius 2 is 1.72 bits per heavy atom. The molecule has 0 saturated carbocycles. The van der Waals surface area contributed by atoms with Gasteiger partial charge in [0.25, 0.3) is 0 Å². The van der Waals surface area contributed by atoms with E-state index < -0.39 is 34.0 Å². The molecule has 1 amide bonds. The van der Waals surface area contributed by atoms with Crippen LogP contribution in [0.2, 0.25) is 0 Å². The van der Waals surface area contributed by atoms with E-state index in [1.54, 1.807) is 30.3 Å². The van der Waals surface area contributed by atoms with Crippen molar-refractivity contribution < 1.29 is 22.7 Å². The van der Waals surface area contributed by atoms with Crippen LogP contribution in [0, 0.1) is 0 Å².